The van der Waals surface area contributed by atoms with Crippen LogP contribution in [0.4, 0.5) is 11.5 Å². The van der Waals surface area contributed by atoms with Gasteiger partial charge in [0.1, 0.15) is 5.82 Å². The van der Waals surface area contributed by atoms with Gasteiger partial charge < -0.3 is 24.8 Å². The van der Waals surface area contributed by atoms with Crippen molar-refractivity contribution in [1.29, 1.82) is 0 Å². The molecule has 3 saturated heterocycles. The van der Waals surface area contributed by atoms with Gasteiger partial charge in [-0.05, 0) is 49.8 Å². The molecule has 2 unspecified atom stereocenters. The topological polar surface area (TPSA) is 87.2 Å². The highest BCUT2D eigenvalue weighted by atomic mass is 35.5. The maximum absolute atomic E-state index is 12.9. The van der Waals surface area contributed by atoms with Crippen LogP contribution in [0.25, 0.3) is 10.8 Å². The number of anilines is 2. The minimum absolute atomic E-state index is 0.0167. The Labute approximate surface area is 210 Å². The molecule has 4 aliphatic rings. The fourth-order valence-corrected chi connectivity index (χ4v) is 6.41. The van der Waals surface area contributed by atoms with Crippen LogP contribution in [-0.2, 0) is 14.3 Å². The number of aliphatic hydroxyl groups is 1. The number of hydrogen-bond acceptors (Lipinski definition) is 7. The molecule has 1 spiro atoms. The number of carbonyl (C=O) groups excluding carboxylic acids is 1. The highest BCUT2D eigenvalue weighted by molar-refractivity contribution is 6.34. The third kappa shape index (κ3) is 4.19. The number of hydrogen-bond donors (Lipinski definition) is 2. The fraction of sp³-hybridized carbons (Fsp3) is 0.615. The van der Waals surface area contributed by atoms with Crippen molar-refractivity contribution in [2.45, 2.75) is 37.8 Å². The summed E-state index contributed by atoms with van der Waals surface area (Å²) in [5.41, 5.74) is 0.693. The highest BCUT2D eigenvalue weighted by Gasteiger charge is 2.58. The number of amides is 1. The van der Waals surface area contributed by atoms with Crippen molar-refractivity contribution in [1.82, 2.24) is 9.88 Å². The Balaban J connectivity index is 1.15. The Morgan fingerprint density at radius 3 is 2.71 bits per heavy atom. The van der Waals surface area contributed by atoms with Crippen LogP contribution < -0.4 is 10.2 Å². The van der Waals surface area contributed by atoms with Crippen molar-refractivity contribution in [3.63, 3.8) is 0 Å². The van der Waals surface area contributed by atoms with E-state index < -0.39 is 6.10 Å². The molecule has 6 rings (SSSR count). The summed E-state index contributed by atoms with van der Waals surface area (Å²) in [6.07, 6.45) is 4.31. The van der Waals surface area contributed by atoms with Crippen molar-refractivity contribution in [3.8, 4) is 0 Å². The lowest BCUT2D eigenvalue weighted by atomic mass is 9.95. The normalized spacial score (nSPS) is 33.4. The molecule has 1 saturated carbocycles. The summed E-state index contributed by atoms with van der Waals surface area (Å²) in [4.78, 5) is 22.0. The third-order valence-corrected chi connectivity index (χ3v) is 8.93. The van der Waals surface area contributed by atoms with E-state index in [0.29, 0.717) is 30.7 Å². The smallest absolute Gasteiger partial charge is 0.229 e. The summed E-state index contributed by atoms with van der Waals surface area (Å²) in [7, 11) is 0. The van der Waals surface area contributed by atoms with Crippen molar-refractivity contribution >= 4 is 39.8 Å². The SMILES string of the molecule is C[C@@]1(N2CCN(c3cc4cc(NC(=O)C5CC56CCCOC6)ncc4cc3Cl)CC2)COC[C@@H]1O. The van der Waals surface area contributed by atoms with Gasteiger partial charge in [-0.1, -0.05) is 11.6 Å². The third-order valence-electron chi connectivity index (χ3n) is 8.63. The van der Waals surface area contributed by atoms with E-state index in [9.17, 15) is 9.90 Å². The lowest BCUT2D eigenvalue weighted by Crippen LogP contribution is -2.60. The second-order valence-electron chi connectivity index (χ2n) is 10.8. The molecule has 188 valence electrons. The zero-order chi connectivity index (χ0) is 24.2. The molecule has 1 aliphatic carbocycles. The van der Waals surface area contributed by atoms with Crippen LogP contribution in [0.5, 0.6) is 0 Å². The van der Waals surface area contributed by atoms with E-state index in [1.807, 2.05) is 12.1 Å². The molecule has 4 atom stereocenters. The van der Waals surface area contributed by atoms with Gasteiger partial charge in [0.25, 0.3) is 0 Å². The molecule has 8 nitrogen and oxygen atoms in total. The van der Waals surface area contributed by atoms with Gasteiger partial charge in [-0.3, -0.25) is 9.69 Å². The molecule has 9 heteroatoms. The summed E-state index contributed by atoms with van der Waals surface area (Å²) in [6.45, 7) is 7.82. The van der Waals surface area contributed by atoms with Crippen LogP contribution in [0.15, 0.2) is 24.4 Å². The summed E-state index contributed by atoms with van der Waals surface area (Å²) in [6, 6.07) is 5.97. The minimum atomic E-state index is -0.462. The Kier molecular flexibility index (Phi) is 5.92. The molecule has 4 heterocycles. The Hall–Kier alpha value is -1.97. The first-order chi connectivity index (χ1) is 16.9. The van der Waals surface area contributed by atoms with Crippen LogP contribution >= 0.6 is 11.6 Å². The minimum Gasteiger partial charge on any atom is -0.389 e. The number of nitrogens with one attached hydrogen (secondary N) is 1. The van der Waals surface area contributed by atoms with Crippen LogP contribution in [0, 0.1) is 11.3 Å². The summed E-state index contributed by atoms with van der Waals surface area (Å²) in [5, 5.41) is 16.1. The Morgan fingerprint density at radius 1 is 1.17 bits per heavy atom. The molecular weight excluding hydrogens is 468 g/mol. The molecule has 4 fully saturated rings. The molecule has 2 N–H and O–H groups in total. The van der Waals surface area contributed by atoms with Gasteiger partial charge >= 0.3 is 0 Å². The zero-order valence-electron chi connectivity index (χ0n) is 20.1. The van der Waals surface area contributed by atoms with Gasteiger partial charge in [-0.15, -0.1) is 0 Å². The maximum Gasteiger partial charge on any atom is 0.229 e. The van der Waals surface area contributed by atoms with E-state index in [4.69, 9.17) is 21.1 Å². The molecule has 2 aromatic rings. The van der Waals surface area contributed by atoms with E-state index in [2.05, 4.69) is 33.1 Å². The van der Waals surface area contributed by atoms with E-state index in [1.54, 1.807) is 6.20 Å². The van der Waals surface area contributed by atoms with Gasteiger partial charge in [-0.2, -0.15) is 0 Å². The fourth-order valence-electron chi connectivity index (χ4n) is 6.12. The molecular formula is C26H33ClN4O4. The molecule has 35 heavy (non-hydrogen) atoms. The second kappa shape index (κ2) is 8.85. The van der Waals surface area contributed by atoms with Crippen LogP contribution in [0.2, 0.25) is 5.02 Å². The first-order valence-electron chi connectivity index (χ1n) is 12.6. The largest absolute Gasteiger partial charge is 0.389 e. The second-order valence-corrected chi connectivity index (χ2v) is 11.3. The number of rotatable bonds is 4. The zero-order valence-corrected chi connectivity index (χ0v) is 20.9. The average molecular weight is 501 g/mol. The molecule has 1 amide bonds. The molecule has 0 bridgehead atoms. The van der Waals surface area contributed by atoms with Gasteiger partial charge in [0.2, 0.25) is 5.91 Å². The van der Waals surface area contributed by atoms with Crippen molar-refractivity contribution in [2.24, 2.45) is 11.3 Å². The number of carbonyl (C=O) groups is 1. The first kappa shape index (κ1) is 23.4. The van der Waals surface area contributed by atoms with E-state index in [0.717, 1.165) is 68.5 Å². The summed E-state index contributed by atoms with van der Waals surface area (Å²) in [5.74, 6) is 0.629. The van der Waals surface area contributed by atoms with Gasteiger partial charge in [-0.25, -0.2) is 4.98 Å². The number of aromatic nitrogens is 1. The number of benzene rings is 1. The summed E-state index contributed by atoms with van der Waals surface area (Å²) < 4.78 is 11.2. The lowest BCUT2D eigenvalue weighted by molar-refractivity contribution is -0.119. The van der Waals surface area contributed by atoms with E-state index in [-0.39, 0.29) is 22.8 Å². The van der Waals surface area contributed by atoms with Crippen LogP contribution in [-0.4, -0.2) is 85.1 Å². The van der Waals surface area contributed by atoms with Gasteiger partial charge in [0.15, 0.2) is 0 Å². The molecule has 3 aliphatic heterocycles. The Bertz CT molecular complexity index is 1130. The number of pyridine rings is 1. The maximum atomic E-state index is 12.9. The lowest BCUT2D eigenvalue weighted by Gasteiger charge is -2.45. The monoisotopic (exact) mass is 500 g/mol. The number of nitrogens with zero attached hydrogens (tertiary/aromatic N) is 3. The van der Waals surface area contributed by atoms with Crippen molar-refractivity contribution in [2.75, 3.05) is 62.8 Å². The molecule has 1 aromatic carbocycles. The molecule has 0 radical (unpaired) electrons. The van der Waals surface area contributed by atoms with Crippen LogP contribution in [0.1, 0.15) is 26.2 Å². The predicted octanol–water partition coefficient (Wildman–Crippen LogP) is 2.92. The number of piperazine rings is 1. The number of halogens is 1. The Morgan fingerprint density at radius 2 is 2.00 bits per heavy atom. The van der Waals surface area contributed by atoms with Crippen LogP contribution in [0.3, 0.4) is 0 Å². The standard InChI is InChI=1S/C26H33ClN4O4/c1-25(15-35-14-22(25)32)31-6-4-30(5-7-31)21-10-17-11-23(28-13-18(17)9-20(21)27)29-24(33)19-12-26(19)3-2-8-34-16-26/h9-11,13,19,22,32H,2-8,12,14-16H2,1H3,(H,28,29,33)/t19?,22-,25+,26?/m0/s1. The van der Waals surface area contributed by atoms with Crippen molar-refractivity contribution < 1.29 is 19.4 Å². The van der Waals surface area contributed by atoms with Gasteiger partial charge in [0, 0.05) is 55.7 Å². The van der Waals surface area contributed by atoms with Gasteiger partial charge in [0.05, 0.1) is 42.2 Å². The number of ether oxygens (including phenoxy) is 2. The first-order valence-corrected chi connectivity index (χ1v) is 13.0. The van der Waals surface area contributed by atoms with E-state index >= 15 is 0 Å². The quantitative estimate of drug-likeness (QED) is 0.667. The summed E-state index contributed by atoms with van der Waals surface area (Å²) >= 11 is 6.68. The molecule has 1 aromatic heterocycles. The van der Waals surface area contributed by atoms with E-state index in [1.165, 1.54) is 0 Å². The predicted molar refractivity (Wildman–Crippen MR) is 135 cm³/mol. The number of aliphatic hydroxyl groups excluding tert-OH is 1. The number of fused-ring (bicyclic) bond motifs is 1. The average Bonchev–Trinajstić information content (AvgIpc) is 3.44. The van der Waals surface area contributed by atoms with Crippen molar-refractivity contribution in [3.05, 3.63) is 29.4 Å². The highest BCUT2D eigenvalue weighted by Crippen LogP contribution is 2.57.